The number of thiocarbonyl (C=S) groups is 1. The lowest BCUT2D eigenvalue weighted by Gasteiger charge is -2.29. The number of benzene rings is 1. The molecule has 7 nitrogen and oxygen atoms in total. The smallest absolute Gasteiger partial charge is 0.328 e. The van der Waals surface area contributed by atoms with Gasteiger partial charge in [-0.15, -0.1) is 0 Å². The first kappa shape index (κ1) is 24.3. The van der Waals surface area contributed by atoms with Crippen molar-refractivity contribution in [1.82, 2.24) is 10.3 Å². The molecule has 1 aromatic carbocycles. The number of pyridine rings is 1. The number of hydrogen-bond donors (Lipinski definition) is 2. The average Bonchev–Trinajstić information content (AvgIpc) is 2.71. The van der Waals surface area contributed by atoms with Gasteiger partial charge in [-0.1, -0.05) is 32.1 Å². The lowest BCUT2D eigenvalue weighted by molar-refractivity contribution is -0.155. The van der Waals surface area contributed by atoms with Crippen molar-refractivity contribution in [2.24, 2.45) is 5.92 Å². The van der Waals surface area contributed by atoms with E-state index in [1.54, 1.807) is 26.0 Å². The van der Waals surface area contributed by atoms with Crippen LogP contribution in [-0.2, 0) is 9.53 Å². The fourth-order valence-electron chi connectivity index (χ4n) is 2.91. The molecule has 31 heavy (non-hydrogen) atoms. The number of rotatable bonds is 9. The molecular formula is C22H27FN2O5S. The molecule has 0 unspecified atom stereocenters. The Balaban J connectivity index is 2.02. The molecule has 0 bridgehead atoms. The van der Waals surface area contributed by atoms with Crippen LogP contribution in [0.15, 0.2) is 36.5 Å². The Morgan fingerprint density at radius 1 is 1.23 bits per heavy atom. The predicted molar refractivity (Wildman–Crippen MR) is 118 cm³/mol. The van der Waals surface area contributed by atoms with Crippen LogP contribution in [0.1, 0.15) is 33.4 Å². The van der Waals surface area contributed by atoms with E-state index in [0.717, 1.165) is 0 Å². The molecular weight excluding hydrogens is 423 g/mol. The van der Waals surface area contributed by atoms with Crippen LogP contribution in [0, 0.1) is 11.7 Å². The second-order valence-electron chi connectivity index (χ2n) is 7.33. The first-order valence-electron chi connectivity index (χ1n) is 9.79. The maximum Gasteiger partial charge on any atom is 0.328 e. The number of ether oxygens (including phenoxy) is 3. The van der Waals surface area contributed by atoms with Crippen LogP contribution >= 0.6 is 12.2 Å². The van der Waals surface area contributed by atoms with Crippen LogP contribution in [0.5, 0.6) is 17.2 Å². The summed E-state index contributed by atoms with van der Waals surface area (Å²) < 4.78 is 29.9. The highest BCUT2D eigenvalue weighted by atomic mass is 32.1. The molecule has 2 aromatic rings. The summed E-state index contributed by atoms with van der Waals surface area (Å²) in [6.45, 7) is 7.13. The highest BCUT2D eigenvalue weighted by molar-refractivity contribution is 7.80. The van der Waals surface area contributed by atoms with E-state index in [-0.39, 0.29) is 28.1 Å². The number of aromatic hydroxyl groups is 1. The molecule has 0 spiro atoms. The van der Waals surface area contributed by atoms with Gasteiger partial charge < -0.3 is 24.6 Å². The fraction of sp³-hybridized carbons (Fsp3) is 0.409. The number of hydrogen-bond acceptors (Lipinski definition) is 7. The highest BCUT2D eigenvalue weighted by Crippen LogP contribution is 2.27. The third-order valence-electron chi connectivity index (χ3n) is 4.51. The van der Waals surface area contributed by atoms with E-state index in [4.69, 9.17) is 26.4 Å². The zero-order valence-corrected chi connectivity index (χ0v) is 18.9. The van der Waals surface area contributed by atoms with Crippen molar-refractivity contribution in [3.05, 3.63) is 48.0 Å². The van der Waals surface area contributed by atoms with E-state index < -0.39 is 30.0 Å². The Hall–Kier alpha value is -2.94. The molecule has 0 radical (unpaired) electrons. The van der Waals surface area contributed by atoms with Crippen LogP contribution in [0.3, 0.4) is 0 Å². The number of carbonyl (C=O) groups is 1. The van der Waals surface area contributed by atoms with Gasteiger partial charge in [-0.2, -0.15) is 0 Å². The van der Waals surface area contributed by atoms with E-state index >= 15 is 0 Å². The van der Waals surface area contributed by atoms with Crippen molar-refractivity contribution in [1.29, 1.82) is 0 Å². The largest absolute Gasteiger partial charge is 0.503 e. The van der Waals surface area contributed by atoms with Gasteiger partial charge in [0.2, 0.25) is 0 Å². The topological polar surface area (TPSA) is 89.9 Å². The minimum Gasteiger partial charge on any atom is -0.503 e. The van der Waals surface area contributed by atoms with E-state index in [1.807, 2.05) is 13.8 Å². The molecule has 0 aliphatic carbocycles. The van der Waals surface area contributed by atoms with Gasteiger partial charge in [-0.3, -0.25) is 0 Å². The first-order chi connectivity index (χ1) is 14.6. The molecule has 1 aromatic heterocycles. The van der Waals surface area contributed by atoms with E-state index in [2.05, 4.69) is 10.3 Å². The summed E-state index contributed by atoms with van der Waals surface area (Å²) in [7, 11) is 1.41. The maximum absolute atomic E-state index is 13.5. The Kier molecular flexibility index (Phi) is 8.56. The molecule has 0 amide bonds. The molecule has 2 rings (SSSR count). The predicted octanol–water partition coefficient (Wildman–Crippen LogP) is 3.62. The van der Waals surface area contributed by atoms with Crippen LogP contribution < -0.4 is 14.8 Å². The van der Waals surface area contributed by atoms with E-state index in [1.165, 1.54) is 31.5 Å². The molecule has 9 heteroatoms. The number of esters is 1. The van der Waals surface area contributed by atoms with Crippen molar-refractivity contribution < 1.29 is 28.5 Å². The van der Waals surface area contributed by atoms with Gasteiger partial charge >= 0.3 is 5.97 Å². The van der Waals surface area contributed by atoms with Crippen molar-refractivity contribution in [3.8, 4) is 17.2 Å². The van der Waals surface area contributed by atoms with Gasteiger partial charge in [0.05, 0.1) is 7.11 Å². The Morgan fingerprint density at radius 3 is 2.55 bits per heavy atom. The zero-order chi connectivity index (χ0) is 23.1. The van der Waals surface area contributed by atoms with Crippen LogP contribution in [0.25, 0.3) is 0 Å². The van der Waals surface area contributed by atoms with Gasteiger partial charge in [0, 0.05) is 18.3 Å². The molecule has 168 valence electrons. The van der Waals surface area contributed by atoms with E-state index in [9.17, 15) is 14.3 Å². The van der Waals surface area contributed by atoms with Crippen molar-refractivity contribution in [2.75, 3.05) is 7.11 Å². The Bertz CT molecular complexity index is 925. The normalized spacial score (nSPS) is 13.8. The molecule has 3 atom stereocenters. The summed E-state index contributed by atoms with van der Waals surface area (Å²) in [5.41, 5.74) is 0.0940. The van der Waals surface area contributed by atoms with Crippen molar-refractivity contribution in [2.45, 2.75) is 45.9 Å². The maximum atomic E-state index is 13.5. The average molecular weight is 451 g/mol. The molecule has 0 saturated carbocycles. The number of halogens is 1. The molecule has 2 N–H and O–H groups in total. The summed E-state index contributed by atoms with van der Waals surface area (Å²) in [4.78, 5) is 16.7. The molecule has 0 aliphatic heterocycles. The fourth-order valence-corrected chi connectivity index (χ4v) is 3.24. The lowest BCUT2D eigenvalue weighted by Crippen LogP contribution is -2.44. The third kappa shape index (κ3) is 6.52. The highest BCUT2D eigenvalue weighted by Gasteiger charge is 2.29. The summed E-state index contributed by atoms with van der Waals surface area (Å²) >= 11 is 5.26. The number of methoxy groups -OCH3 is 1. The lowest BCUT2D eigenvalue weighted by atomic mass is 10.0. The summed E-state index contributed by atoms with van der Waals surface area (Å²) in [6.07, 6.45) is 0.329. The summed E-state index contributed by atoms with van der Waals surface area (Å²) in [5, 5.41) is 13.0. The SMILES string of the molecule is COc1ccnc(C(=S)N[C@@H](C)C(=O)O[C@@H](C)[C@H](Oc2cccc(F)c2)C(C)C)c1O. The first-order valence-corrected chi connectivity index (χ1v) is 10.2. The van der Waals surface area contributed by atoms with Crippen LogP contribution in [-0.4, -0.2) is 46.4 Å². The Labute approximate surface area is 186 Å². The van der Waals surface area contributed by atoms with Gasteiger partial charge in [-0.25, -0.2) is 14.2 Å². The molecule has 0 fully saturated rings. The van der Waals surface area contributed by atoms with Crippen LogP contribution in [0.2, 0.25) is 0 Å². The summed E-state index contributed by atoms with van der Waals surface area (Å²) in [6, 6.07) is 6.47. The molecule has 0 saturated heterocycles. The Morgan fingerprint density at radius 2 is 1.94 bits per heavy atom. The second kappa shape index (κ2) is 10.9. The van der Waals surface area contributed by atoms with Crippen molar-refractivity contribution in [3.63, 3.8) is 0 Å². The standard InChI is InChI=1S/C22H27FN2O5S/c1-12(2)20(30-16-8-6-7-15(23)11-16)14(4)29-22(27)13(3)25-21(31)18-19(26)17(28-5)9-10-24-18/h6-14,20,26H,1-5H3,(H,25,31)/t13-,14-,20+/m0/s1. The van der Waals surface area contributed by atoms with Gasteiger partial charge in [0.15, 0.2) is 11.5 Å². The number of nitrogens with one attached hydrogen (secondary N) is 1. The van der Waals surface area contributed by atoms with E-state index in [0.29, 0.717) is 5.75 Å². The van der Waals surface area contributed by atoms with Gasteiger partial charge in [0.1, 0.15) is 40.5 Å². The number of aromatic nitrogens is 1. The zero-order valence-electron chi connectivity index (χ0n) is 18.1. The quantitative estimate of drug-likeness (QED) is 0.442. The number of carbonyl (C=O) groups excluding carboxylic acids is 1. The second-order valence-corrected chi connectivity index (χ2v) is 7.74. The molecule has 1 heterocycles. The van der Waals surface area contributed by atoms with Crippen LogP contribution in [0.4, 0.5) is 4.39 Å². The molecule has 0 aliphatic rings. The minimum atomic E-state index is -0.815. The minimum absolute atomic E-state index is 0.00617. The third-order valence-corrected chi connectivity index (χ3v) is 4.82. The number of nitrogens with zero attached hydrogens (tertiary/aromatic N) is 1. The summed E-state index contributed by atoms with van der Waals surface area (Å²) in [5.74, 6) is -0.634. The van der Waals surface area contributed by atoms with Crippen molar-refractivity contribution >= 4 is 23.2 Å². The van der Waals surface area contributed by atoms with Gasteiger partial charge in [-0.05, 0) is 31.9 Å². The van der Waals surface area contributed by atoms with Gasteiger partial charge in [0.25, 0.3) is 0 Å². The monoisotopic (exact) mass is 450 g/mol.